The molecule has 0 saturated carbocycles. The van der Waals surface area contributed by atoms with Gasteiger partial charge in [0.15, 0.2) is 0 Å². The number of benzene rings is 4. The summed E-state index contributed by atoms with van der Waals surface area (Å²) in [5.74, 6) is -0.533. The zero-order valence-electron chi connectivity index (χ0n) is 20.6. The number of amides is 1. The third-order valence-electron chi connectivity index (χ3n) is 6.68. The molecule has 0 saturated heterocycles. The molecule has 0 spiro atoms. The average molecular weight is 524 g/mol. The van der Waals surface area contributed by atoms with E-state index < -0.39 is 10.8 Å². The molecule has 1 amide bonds. The molecule has 1 aromatic heterocycles. The van der Waals surface area contributed by atoms with Crippen LogP contribution < -0.4 is 5.32 Å². The van der Waals surface area contributed by atoms with Gasteiger partial charge in [-0.3, -0.25) is 14.9 Å². The van der Waals surface area contributed by atoms with Crippen molar-refractivity contribution in [1.29, 1.82) is 0 Å². The van der Waals surface area contributed by atoms with E-state index in [9.17, 15) is 14.9 Å². The highest BCUT2D eigenvalue weighted by Gasteiger charge is 2.26. The smallest absolute Gasteiger partial charge is 0.270 e. The van der Waals surface area contributed by atoms with Gasteiger partial charge in [0.1, 0.15) is 0 Å². The summed E-state index contributed by atoms with van der Waals surface area (Å²) in [5.41, 5.74) is 4.59. The second kappa shape index (κ2) is 11.3. The number of nitrogens with zero attached hydrogens (tertiary/aromatic N) is 2. The Balaban J connectivity index is 1.57. The number of aromatic nitrogens is 1. The number of nitro groups is 1. The van der Waals surface area contributed by atoms with Gasteiger partial charge in [0, 0.05) is 59.7 Å². The van der Waals surface area contributed by atoms with E-state index >= 15 is 0 Å². The minimum Gasteiger partial charge on any atom is -0.352 e. The number of non-ortho nitro benzene ring substituents is 1. The summed E-state index contributed by atoms with van der Waals surface area (Å²) in [6, 6.07) is 32.1. The predicted octanol–water partition coefficient (Wildman–Crippen LogP) is 7.09. The maximum absolute atomic E-state index is 13.2. The van der Waals surface area contributed by atoms with E-state index in [-0.39, 0.29) is 18.0 Å². The molecule has 0 aliphatic rings. The Bertz CT molecular complexity index is 1580. The second-order valence-electron chi connectivity index (χ2n) is 9.20. The minimum absolute atomic E-state index is 0.00245. The van der Waals surface area contributed by atoms with Gasteiger partial charge in [-0.1, -0.05) is 90.5 Å². The molecule has 1 heterocycles. The van der Waals surface area contributed by atoms with Crippen LogP contribution in [0.25, 0.3) is 10.9 Å². The van der Waals surface area contributed by atoms with E-state index in [1.165, 1.54) is 6.07 Å². The van der Waals surface area contributed by atoms with Crippen LogP contribution in [0.4, 0.5) is 5.69 Å². The van der Waals surface area contributed by atoms with Crippen molar-refractivity contribution in [3.8, 4) is 0 Å². The molecule has 1 N–H and O–H groups in total. The van der Waals surface area contributed by atoms with Crippen LogP contribution in [0.5, 0.6) is 0 Å². The highest BCUT2D eigenvalue weighted by molar-refractivity contribution is 6.31. The lowest BCUT2D eigenvalue weighted by molar-refractivity contribution is -0.384. The van der Waals surface area contributed by atoms with Crippen LogP contribution in [0.15, 0.2) is 109 Å². The van der Waals surface area contributed by atoms with E-state index in [1.54, 1.807) is 18.2 Å². The van der Waals surface area contributed by atoms with Gasteiger partial charge in [0.05, 0.1) is 4.92 Å². The molecule has 5 aromatic rings. The topological polar surface area (TPSA) is 77.2 Å². The number of rotatable bonds is 9. The summed E-state index contributed by atoms with van der Waals surface area (Å²) >= 11 is 6.65. The number of hydrogen-bond acceptors (Lipinski definition) is 3. The predicted molar refractivity (Wildman–Crippen MR) is 150 cm³/mol. The van der Waals surface area contributed by atoms with E-state index in [4.69, 9.17) is 11.6 Å². The fourth-order valence-electron chi connectivity index (χ4n) is 4.81. The van der Waals surface area contributed by atoms with Crippen molar-refractivity contribution in [3.05, 3.63) is 147 Å². The van der Waals surface area contributed by atoms with Crippen LogP contribution in [0, 0.1) is 10.1 Å². The Morgan fingerprint density at radius 2 is 1.53 bits per heavy atom. The minimum atomic E-state index is -0.402. The molecule has 0 radical (unpaired) electrons. The molecule has 0 aliphatic carbocycles. The molecule has 0 unspecified atom stereocenters. The van der Waals surface area contributed by atoms with Gasteiger partial charge in [-0.2, -0.15) is 0 Å². The van der Waals surface area contributed by atoms with Crippen LogP contribution in [0.3, 0.4) is 0 Å². The molecule has 4 aromatic carbocycles. The monoisotopic (exact) mass is 523 g/mol. The Hall–Kier alpha value is -4.42. The summed E-state index contributed by atoms with van der Waals surface area (Å²) in [7, 11) is 0. The van der Waals surface area contributed by atoms with Gasteiger partial charge in [-0.05, 0) is 34.4 Å². The molecule has 38 heavy (non-hydrogen) atoms. The van der Waals surface area contributed by atoms with Crippen molar-refractivity contribution < 1.29 is 9.72 Å². The molecule has 190 valence electrons. The molecule has 6 nitrogen and oxygen atoms in total. The van der Waals surface area contributed by atoms with Crippen molar-refractivity contribution in [2.75, 3.05) is 0 Å². The first-order chi connectivity index (χ1) is 18.5. The first-order valence-corrected chi connectivity index (χ1v) is 12.7. The summed E-state index contributed by atoms with van der Waals surface area (Å²) in [5, 5.41) is 16.0. The average Bonchev–Trinajstić information content (AvgIpc) is 3.29. The number of carbonyl (C=O) groups excluding carboxylic acids is 1. The van der Waals surface area contributed by atoms with Gasteiger partial charge in [-0.25, -0.2) is 0 Å². The summed E-state index contributed by atoms with van der Waals surface area (Å²) in [6.07, 6.45) is 2.14. The molecule has 0 fully saturated rings. The lowest BCUT2D eigenvalue weighted by Gasteiger charge is -2.18. The molecule has 1 atom stereocenters. The van der Waals surface area contributed by atoms with E-state index in [0.717, 1.165) is 33.2 Å². The van der Waals surface area contributed by atoms with Crippen molar-refractivity contribution in [1.82, 2.24) is 9.88 Å². The Kier molecular flexibility index (Phi) is 7.52. The van der Waals surface area contributed by atoms with Gasteiger partial charge < -0.3 is 9.88 Å². The van der Waals surface area contributed by atoms with Crippen molar-refractivity contribution in [3.63, 3.8) is 0 Å². The van der Waals surface area contributed by atoms with Gasteiger partial charge >= 0.3 is 0 Å². The molecule has 0 bridgehead atoms. The van der Waals surface area contributed by atoms with Crippen molar-refractivity contribution >= 4 is 34.1 Å². The lowest BCUT2D eigenvalue weighted by Crippen LogP contribution is -2.25. The summed E-state index contributed by atoms with van der Waals surface area (Å²) < 4.78 is 2.08. The lowest BCUT2D eigenvalue weighted by atomic mass is 9.87. The third kappa shape index (κ3) is 5.61. The molecular weight excluding hydrogens is 498 g/mol. The molecule has 7 heteroatoms. The molecule has 0 aliphatic heterocycles. The van der Waals surface area contributed by atoms with E-state index in [1.807, 2.05) is 85.1 Å². The number of nitrogens with one attached hydrogen (secondary N) is 1. The Morgan fingerprint density at radius 3 is 2.21 bits per heavy atom. The zero-order chi connectivity index (χ0) is 26.5. The number of halogens is 1. The van der Waals surface area contributed by atoms with Gasteiger partial charge in [-0.15, -0.1) is 0 Å². The van der Waals surface area contributed by atoms with Crippen LogP contribution in [0.2, 0.25) is 5.02 Å². The number of fused-ring (bicyclic) bond motifs is 1. The fraction of sp³-hybridized carbons (Fsp3) is 0.129. The van der Waals surface area contributed by atoms with Crippen LogP contribution in [0.1, 0.15) is 34.6 Å². The zero-order valence-corrected chi connectivity index (χ0v) is 21.3. The largest absolute Gasteiger partial charge is 0.352 e. The summed E-state index contributed by atoms with van der Waals surface area (Å²) in [4.78, 5) is 24.5. The Labute approximate surface area is 225 Å². The highest BCUT2D eigenvalue weighted by atomic mass is 35.5. The van der Waals surface area contributed by atoms with Crippen LogP contribution in [-0.2, 0) is 17.9 Å². The second-order valence-corrected chi connectivity index (χ2v) is 9.60. The third-order valence-corrected chi connectivity index (χ3v) is 7.02. The first-order valence-electron chi connectivity index (χ1n) is 12.4. The van der Waals surface area contributed by atoms with Gasteiger partial charge in [0.25, 0.3) is 5.69 Å². The van der Waals surface area contributed by atoms with E-state index in [2.05, 4.69) is 9.88 Å². The number of carbonyl (C=O) groups is 1. The molecular formula is C31H26ClN3O3. The number of nitro benzene ring substituents is 1. The van der Waals surface area contributed by atoms with Gasteiger partial charge in [0.2, 0.25) is 5.91 Å². The van der Waals surface area contributed by atoms with E-state index in [0.29, 0.717) is 18.1 Å². The first kappa shape index (κ1) is 25.2. The quantitative estimate of drug-likeness (QED) is 0.165. The van der Waals surface area contributed by atoms with Crippen molar-refractivity contribution in [2.24, 2.45) is 0 Å². The summed E-state index contributed by atoms with van der Waals surface area (Å²) in [6.45, 7) is 1.00. The van der Waals surface area contributed by atoms with Crippen LogP contribution in [-0.4, -0.2) is 15.4 Å². The normalized spacial score (nSPS) is 11.8. The van der Waals surface area contributed by atoms with Crippen molar-refractivity contribution in [2.45, 2.75) is 25.4 Å². The SMILES string of the molecule is O=C(C[C@H](c1ccccc1Cl)c1cn(Cc2ccccc2)c2ccc([N+](=O)[O-])cc12)NCc1ccccc1. The highest BCUT2D eigenvalue weighted by Crippen LogP contribution is 2.39. The maximum Gasteiger partial charge on any atom is 0.270 e. The Morgan fingerprint density at radius 1 is 0.868 bits per heavy atom. The standard InChI is InChI=1S/C31H26ClN3O3/c32-29-14-8-7-13-25(29)26(18-31(36)33-19-22-9-3-1-4-10-22)28-21-34(20-23-11-5-2-6-12-23)30-16-15-24(35(37)38)17-27(28)30/h1-17,21,26H,18-20H2,(H,33,36)/t26-/m1/s1. The molecule has 5 rings (SSSR count). The fourth-order valence-corrected chi connectivity index (χ4v) is 5.08. The van der Waals surface area contributed by atoms with Crippen LogP contribution >= 0.6 is 11.6 Å². The maximum atomic E-state index is 13.2. The number of hydrogen-bond donors (Lipinski definition) is 1.